The molecule has 11 heteroatoms. The molecule has 2 aromatic heterocycles. The predicted molar refractivity (Wildman–Crippen MR) is 119 cm³/mol. The number of nitrogens with one attached hydrogen (secondary N) is 1. The van der Waals surface area contributed by atoms with Crippen LogP contribution in [0.15, 0.2) is 76.5 Å². The number of alkyl halides is 3. The van der Waals surface area contributed by atoms with Gasteiger partial charge < -0.3 is 14.3 Å². The van der Waals surface area contributed by atoms with Crippen molar-refractivity contribution in [2.45, 2.75) is 16.6 Å². The normalized spacial score (nSPS) is 12.5. The second-order valence-electron chi connectivity index (χ2n) is 6.93. The molecule has 2 aromatic carbocycles. The highest BCUT2D eigenvalue weighted by atomic mass is 35.5. The molecule has 1 atom stereocenters. The number of carbonyl (C=O) groups is 1. The number of amides is 1. The van der Waals surface area contributed by atoms with Crippen LogP contribution in [0.25, 0.3) is 11.6 Å². The number of furan rings is 1. The van der Waals surface area contributed by atoms with Crippen molar-refractivity contribution in [2.75, 3.05) is 5.32 Å². The Labute approximate surface area is 195 Å². The molecule has 0 saturated heterocycles. The Kier molecular flexibility index (Phi) is 6.48. The van der Waals surface area contributed by atoms with Gasteiger partial charge in [0.15, 0.2) is 16.7 Å². The van der Waals surface area contributed by atoms with Crippen LogP contribution in [-0.4, -0.2) is 20.7 Å². The van der Waals surface area contributed by atoms with Gasteiger partial charge in [0.05, 0.1) is 16.8 Å². The van der Waals surface area contributed by atoms with E-state index < -0.39 is 27.9 Å². The number of anilines is 1. The molecule has 170 valence electrons. The van der Waals surface area contributed by atoms with E-state index in [-0.39, 0.29) is 5.69 Å². The molecule has 1 unspecified atom stereocenters. The summed E-state index contributed by atoms with van der Waals surface area (Å²) in [5, 5.41) is 10.0. The number of rotatable bonds is 6. The number of thioether (sulfide) groups is 1. The van der Waals surface area contributed by atoms with E-state index in [9.17, 15) is 18.0 Å². The summed E-state index contributed by atoms with van der Waals surface area (Å²) in [5.74, 6) is 0.463. The van der Waals surface area contributed by atoms with Crippen molar-refractivity contribution in [3.63, 3.8) is 0 Å². The van der Waals surface area contributed by atoms with E-state index in [1.54, 1.807) is 54.1 Å². The fraction of sp³-hybridized carbons (Fsp3) is 0.136. The fourth-order valence-electron chi connectivity index (χ4n) is 3.07. The number of carbonyl (C=O) groups excluding carboxylic acids is 1. The highest BCUT2D eigenvalue weighted by Crippen LogP contribution is 2.38. The van der Waals surface area contributed by atoms with E-state index in [4.69, 9.17) is 16.0 Å². The molecule has 0 radical (unpaired) electrons. The monoisotopic (exact) mass is 492 g/mol. The first kappa shape index (κ1) is 22.9. The summed E-state index contributed by atoms with van der Waals surface area (Å²) in [7, 11) is 1.73. The van der Waals surface area contributed by atoms with Gasteiger partial charge in [-0.05, 0) is 35.9 Å². The second-order valence-corrected chi connectivity index (χ2v) is 8.41. The molecule has 0 aliphatic carbocycles. The van der Waals surface area contributed by atoms with Crippen LogP contribution in [0.5, 0.6) is 0 Å². The minimum Gasteiger partial charge on any atom is -0.461 e. The van der Waals surface area contributed by atoms with E-state index in [0.717, 1.165) is 23.9 Å². The quantitative estimate of drug-likeness (QED) is 0.323. The minimum absolute atomic E-state index is 0.0208. The van der Waals surface area contributed by atoms with Gasteiger partial charge >= 0.3 is 6.18 Å². The van der Waals surface area contributed by atoms with Gasteiger partial charge in [-0.25, -0.2) is 0 Å². The van der Waals surface area contributed by atoms with Crippen molar-refractivity contribution < 1.29 is 22.4 Å². The van der Waals surface area contributed by atoms with Crippen molar-refractivity contribution in [1.29, 1.82) is 0 Å². The summed E-state index contributed by atoms with van der Waals surface area (Å²) in [6.45, 7) is 0. The molecule has 4 aromatic rings. The second kappa shape index (κ2) is 9.32. The number of nitrogens with zero attached hydrogens (tertiary/aromatic N) is 3. The molecule has 1 N–H and O–H groups in total. The van der Waals surface area contributed by atoms with Crippen molar-refractivity contribution >= 4 is 35.0 Å². The van der Waals surface area contributed by atoms with E-state index in [1.165, 1.54) is 12.3 Å². The fourth-order valence-corrected chi connectivity index (χ4v) is 4.30. The largest absolute Gasteiger partial charge is 0.461 e. The topological polar surface area (TPSA) is 73.0 Å². The zero-order chi connectivity index (χ0) is 23.6. The van der Waals surface area contributed by atoms with Gasteiger partial charge in [0, 0.05) is 12.7 Å². The number of hydrogen-bond donors (Lipinski definition) is 1. The van der Waals surface area contributed by atoms with Crippen molar-refractivity contribution in [2.24, 2.45) is 7.05 Å². The number of benzene rings is 2. The van der Waals surface area contributed by atoms with Crippen LogP contribution < -0.4 is 5.32 Å². The van der Waals surface area contributed by atoms with Crippen molar-refractivity contribution in [1.82, 2.24) is 14.8 Å². The third-order valence-electron chi connectivity index (χ3n) is 4.68. The molecule has 0 aliphatic rings. The van der Waals surface area contributed by atoms with Gasteiger partial charge in [-0.15, -0.1) is 10.2 Å². The lowest BCUT2D eigenvalue weighted by Crippen LogP contribution is -2.20. The maximum atomic E-state index is 13.2. The Morgan fingerprint density at radius 2 is 1.88 bits per heavy atom. The Morgan fingerprint density at radius 1 is 1.12 bits per heavy atom. The molecule has 33 heavy (non-hydrogen) atoms. The Hall–Kier alpha value is -3.24. The molecule has 6 nitrogen and oxygen atoms in total. The van der Waals surface area contributed by atoms with Gasteiger partial charge in [0.25, 0.3) is 0 Å². The minimum atomic E-state index is -4.65. The Bertz CT molecular complexity index is 1260. The maximum absolute atomic E-state index is 13.2. The van der Waals surface area contributed by atoms with Gasteiger partial charge in [-0.3, -0.25) is 4.79 Å². The van der Waals surface area contributed by atoms with E-state index in [2.05, 4.69) is 15.5 Å². The zero-order valence-electron chi connectivity index (χ0n) is 17.0. The van der Waals surface area contributed by atoms with Crippen LogP contribution in [0.2, 0.25) is 5.02 Å². The summed E-state index contributed by atoms with van der Waals surface area (Å²) in [4.78, 5) is 13.2. The standard InChI is InChI=1S/C22H16ClF3N4O2S/c1-30-19(17-8-5-11-32-17)28-29-21(30)33-18(13-6-3-2-4-7-13)20(31)27-14-9-10-16(23)15(12-14)22(24,25)26/h2-12,18H,1H3,(H,27,31). The van der Waals surface area contributed by atoms with Crippen LogP contribution >= 0.6 is 23.4 Å². The summed E-state index contributed by atoms with van der Waals surface area (Å²) >= 11 is 6.80. The third-order valence-corrected chi connectivity index (χ3v) is 6.30. The smallest absolute Gasteiger partial charge is 0.417 e. The van der Waals surface area contributed by atoms with E-state index >= 15 is 0 Å². The summed E-state index contributed by atoms with van der Waals surface area (Å²) in [6, 6.07) is 15.5. The van der Waals surface area contributed by atoms with Gasteiger partial charge in [0.2, 0.25) is 5.91 Å². The van der Waals surface area contributed by atoms with Crippen LogP contribution in [0.1, 0.15) is 16.4 Å². The van der Waals surface area contributed by atoms with Gasteiger partial charge in [-0.2, -0.15) is 13.2 Å². The first-order chi connectivity index (χ1) is 15.7. The SMILES string of the molecule is Cn1c(SC(C(=O)Nc2ccc(Cl)c(C(F)(F)F)c2)c2ccccc2)nnc1-c1ccco1. The third kappa shape index (κ3) is 5.07. The van der Waals surface area contributed by atoms with Gasteiger partial charge in [-0.1, -0.05) is 53.7 Å². The van der Waals surface area contributed by atoms with Crippen molar-refractivity contribution in [3.8, 4) is 11.6 Å². The Morgan fingerprint density at radius 3 is 2.55 bits per heavy atom. The highest BCUT2D eigenvalue weighted by molar-refractivity contribution is 8.00. The number of hydrogen-bond acceptors (Lipinski definition) is 5. The molecule has 0 spiro atoms. The lowest BCUT2D eigenvalue weighted by molar-refractivity contribution is -0.137. The molecule has 1 amide bonds. The number of aromatic nitrogens is 3. The van der Waals surface area contributed by atoms with E-state index in [1.807, 2.05) is 0 Å². The number of halogens is 4. The summed E-state index contributed by atoms with van der Waals surface area (Å²) in [6.07, 6.45) is -3.13. The average molecular weight is 493 g/mol. The maximum Gasteiger partial charge on any atom is 0.417 e. The summed E-state index contributed by atoms with van der Waals surface area (Å²) in [5.41, 5.74) is -0.401. The van der Waals surface area contributed by atoms with Crippen molar-refractivity contribution in [3.05, 3.63) is 83.1 Å². The predicted octanol–water partition coefficient (Wildman–Crippen LogP) is 6.22. The highest BCUT2D eigenvalue weighted by Gasteiger charge is 2.34. The van der Waals surface area contributed by atoms with Crippen LogP contribution in [-0.2, 0) is 18.0 Å². The average Bonchev–Trinajstić information content (AvgIpc) is 3.43. The molecule has 0 fully saturated rings. The van der Waals surface area contributed by atoms with Crippen LogP contribution in [0.3, 0.4) is 0 Å². The Balaban J connectivity index is 1.63. The van der Waals surface area contributed by atoms with Crippen LogP contribution in [0.4, 0.5) is 18.9 Å². The first-order valence-corrected chi connectivity index (χ1v) is 10.8. The van der Waals surface area contributed by atoms with Gasteiger partial charge in [0.1, 0.15) is 5.25 Å². The zero-order valence-corrected chi connectivity index (χ0v) is 18.6. The molecule has 2 heterocycles. The molecule has 4 rings (SSSR count). The lowest BCUT2D eigenvalue weighted by Gasteiger charge is -2.17. The lowest BCUT2D eigenvalue weighted by atomic mass is 10.1. The molecular weight excluding hydrogens is 477 g/mol. The molecule has 0 saturated carbocycles. The first-order valence-electron chi connectivity index (χ1n) is 9.56. The molecule has 0 bridgehead atoms. The van der Waals surface area contributed by atoms with Crippen LogP contribution in [0, 0.1) is 0 Å². The van der Waals surface area contributed by atoms with E-state index in [0.29, 0.717) is 22.3 Å². The molecular formula is C22H16ClF3N4O2S. The summed E-state index contributed by atoms with van der Waals surface area (Å²) < 4.78 is 46.7. The molecule has 0 aliphatic heterocycles.